The molecule has 7 heteroatoms. The summed E-state index contributed by atoms with van der Waals surface area (Å²) in [5.41, 5.74) is 4.09. The summed E-state index contributed by atoms with van der Waals surface area (Å²) in [4.78, 5) is 20.7. The minimum atomic E-state index is -0.379. The number of nitrogens with one attached hydrogen (secondary N) is 2. The largest absolute Gasteiger partial charge is 0.444 e. The zero-order valence-corrected chi connectivity index (χ0v) is 16.7. The van der Waals surface area contributed by atoms with Crippen LogP contribution in [-0.2, 0) is 0 Å². The second-order valence-corrected chi connectivity index (χ2v) is 5.71. The first kappa shape index (κ1) is 21.5. The SMILES string of the molecule is CC.CCCN(CCC)c1cc(/C=N/Nc2cc(C)c(C)o2)[nH]c(=O)n1. The summed E-state index contributed by atoms with van der Waals surface area (Å²) in [7, 11) is 0. The van der Waals surface area contributed by atoms with Gasteiger partial charge in [0.05, 0.1) is 11.9 Å². The van der Waals surface area contributed by atoms with Crippen molar-refractivity contribution in [3.05, 3.63) is 39.6 Å². The van der Waals surface area contributed by atoms with Crippen molar-refractivity contribution in [3.63, 3.8) is 0 Å². The summed E-state index contributed by atoms with van der Waals surface area (Å²) in [5, 5.41) is 4.11. The van der Waals surface area contributed by atoms with Gasteiger partial charge in [-0.05, 0) is 32.3 Å². The molecule has 144 valence electrons. The molecule has 0 fully saturated rings. The number of aromatic amines is 1. The number of hydrogen-bond donors (Lipinski definition) is 2. The van der Waals surface area contributed by atoms with Gasteiger partial charge in [-0.2, -0.15) is 10.1 Å². The molecule has 2 heterocycles. The fraction of sp³-hybridized carbons (Fsp3) is 0.526. The number of aromatic nitrogens is 2. The predicted molar refractivity (Wildman–Crippen MR) is 108 cm³/mol. The van der Waals surface area contributed by atoms with Crippen LogP contribution < -0.4 is 16.0 Å². The Balaban J connectivity index is 0.00000163. The summed E-state index contributed by atoms with van der Waals surface area (Å²) in [6, 6.07) is 3.70. The fourth-order valence-corrected chi connectivity index (χ4v) is 2.37. The van der Waals surface area contributed by atoms with E-state index in [0.717, 1.165) is 37.3 Å². The highest BCUT2D eigenvalue weighted by molar-refractivity contribution is 5.78. The van der Waals surface area contributed by atoms with Crippen molar-refractivity contribution in [2.45, 2.75) is 54.4 Å². The molecule has 0 amide bonds. The number of hydrogen-bond acceptors (Lipinski definition) is 6. The molecule has 26 heavy (non-hydrogen) atoms. The second kappa shape index (κ2) is 11.1. The normalized spacial score (nSPS) is 10.5. The van der Waals surface area contributed by atoms with E-state index < -0.39 is 0 Å². The van der Waals surface area contributed by atoms with Gasteiger partial charge in [-0.3, -0.25) is 0 Å². The lowest BCUT2D eigenvalue weighted by Crippen LogP contribution is -2.28. The van der Waals surface area contributed by atoms with Crippen LogP contribution in [0.15, 0.2) is 26.4 Å². The molecule has 0 spiro atoms. The van der Waals surface area contributed by atoms with Gasteiger partial charge in [-0.1, -0.05) is 27.7 Å². The average molecular weight is 361 g/mol. The molecule has 7 nitrogen and oxygen atoms in total. The zero-order valence-electron chi connectivity index (χ0n) is 16.7. The maximum atomic E-state index is 11.8. The van der Waals surface area contributed by atoms with E-state index in [9.17, 15) is 4.79 Å². The molecule has 0 aromatic carbocycles. The minimum Gasteiger partial charge on any atom is -0.444 e. The lowest BCUT2D eigenvalue weighted by molar-refractivity contribution is 0.545. The van der Waals surface area contributed by atoms with Crippen LogP contribution in [0.1, 0.15) is 57.6 Å². The molecule has 0 atom stereocenters. The number of furan rings is 1. The Hall–Kier alpha value is -2.57. The molecule has 2 N–H and O–H groups in total. The summed E-state index contributed by atoms with van der Waals surface area (Å²) in [6.07, 6.45) is 3.54. The molecule has 2 aromatic heterocycles. The summed E-state index contributed by atoms with van der Waals surface area (Å²) < 4.78 is 5.48. The fourth-order valence-electron chi connectivity index (χ4n) is 2.37. The molecule has 0 radical (unpaired) electrons. The number of anilines is 2. The molecule has 2 aromatic rings. The molecule has 2 rings (SSSR count). The highest BCUT2D eigenvalue weighted by atomic mass is 16.4. The van der Waals surface area contributed by atoms with Crippen LogP contribution in [0.3, 0.4) is 0 Å². The molecule has 0 aliphatic rings. The van der Waals surface area contributed by atoms with E-state index in [1.807, 2.05) is 39.8 Å². The van der Waals surface area contributed by atoms with E-state index >= 15 is 0 Å². The lowest BCUT2D eigenvalue weighted by atomic mass is 10.3. The maximum absolute atomic E-state index is 11.8. The lowest BCUT2D eigenvalue weighted by Gasteiger charge is -2.22. The summed E-state index contributed by atoms with van der Waals surface area (Å²) in [6.45, 7) is 13.8. The van der Waals surface area contributed by atoms with Crippen LogP contribution in [0.5, 0.6) is 0 Å². The first-order valence-electron chi connectivity index (χ1n) is 9.26. The van der Waals surface area contributed by atoms with E-state index in [1.165, 1.54) is 0 Å². The Kier molecular flexibility index (Phi) is 9.19. The molecule has 0 saturated heterocycles. The van der Waals surface area contributed by atoms with Crippen molar-refractivity contribution >= 4 is 17.9 Å². The van der Waals surface area contributed by atoms with Crippen LogP contribution in [0, 0.1) is 13.8 Å². The molecule has 0 aliphatic carbocycles. The Morgan fingerprint density at radius 1 is 1.23 bits per heavy atom. The van der Waals surface area contributed by atoms with E-state index in [-0.39, 0.29) is 5.69 Å². The molecule has 0 bridgehead atoms. The van der Waals surface area contributed by atoms with Gasteiger partial charge in [0.15, 0.2) is 0 Å². The number of nitrogens with zero attached hydrogens (tertiary/aromatic N) is 3. The zero-order chi connectivity index (χ0) is 19.5. The topological polar surface area (TPSA) is 86.5 Å². The Bertz CT molecular complexity index is 723. The van der Waals surface area contributed by atoms with Gasteiger partial charge in [-0.25, -0.2) is 10.2 Å². The van der Waals surface area contributed by atoms with E-state index in [1.54, 1.807) is 6.21 Å². The quantitative estimate of drug-likeness (QED) is 0.546. The van der Waals surface area contributed by atoms with E-state index in [2.05, 4.69) is 39.2 Å². The highest BCUT2D eigenvalue weighted by Crippen LogP contribution is 2.17. The molecular formula is C19H31N5O2. The van der Waals surface area contributed by atoms with Gasteiger partial charge in [-0.15, -0.1) is 0 Å². The van der Waals surface area contributed by atoms with Gasteiger partial charge in [0, 0.05) is 25.2 Å². The van der Waals surface area contributed by atoms with Gasteiger partial charge >= 0.3 is 5.69 Å². The van der Waals surface area contributed by atoms with Crippen molar-refractivity contribution in [1.82, 2.24) is 9.97 Å². The van der Waals surface area contributed by atoms with Crippen molar-refractivity contribution in [1.29, 1.82) is 0 Å². The van der Waals surface area contributed by atoms with Crippen LogP contribution in [-0.4, -0.2) is 29.3 Å². The number of H-pyrrole nitrogens is 1. The third kappa shape index (κ3) is 6.38. The number of aryl methyl sites for hydroxylation is 2. The van der Waals surface area contributed by atoms with E-state index in [0.29, 0.717) is 17.4 Å². The Labute approximate surface area is 155 Å². The number of rotatable bonds is 8. The highest BCUT2D eigenvalue weighted by Gasteiger charge is 2.08. The summed E-state index contributed by atoms with van der Waals surface area (Å²) >= 11 is 0. The van der Waals surface area contributed by atoms with E-state index in [4.69, 9.17) is 4.42 Å². The predicted octanol–water partition coefficient (Wildman–Crippen LogP) is 4.08. The van der Waals surface area contributed by atoms with Gasteiger partial charge in [0.2, 0.25) is 5.88 Å². The van der Waals surface area contributed by atoms with Crippen molar-refractivity contribution in [2.75, 3.05) is 23.4 Å². The first-order valence-corrected chi connectivity index (χ1v) is 9.26. The second-order valence-electron chi connectivity index (χ2n) is 5.71. The van der Waals surface area contributed by atoms with Crippen LogP contribution in [0.4, 0.5) is 11.7 Å². The molecular weight excluding hydrogens is 330 g/mol. The average Bonchev–Trinajstić information content (AvgIpc) is 2.94. The summed E-state index contributed by atoms with van der Waals surface area (Å²) in [5.74, 6) is 2.09. The van der Waals surface area contributed by atoms with Crippen molar-refractivity contribution in [2.24, 2.45) is 5.10 Å². The van der Waals surface area contributed by atoms with Gasteiger partial charge in [0.1, 0.15) is 11.6 Å². The Morgan fingerprint density at radius 2 is 1.88 bits per heavy atom. The van der Waals surface area contributed by atoms with Gasteiger partial charge < -0.3 is 14.3 Å². The van der Waals surface area contributed by atoms with Crippen LogP contribution >= 0.6 is 0 Å². The standard InChI is InChI=1S/C17H25N5O2.C2H6/c1-5-7-22(8-6-2)15-10-14(19-17(23)20-15)11-18-21-16-9-12(3)13(4)24-16;1-2/h9-11,21H,5-8H2,1-4H3,(H,19,20,23);1-2H3/b18-11+;. The third-order valence-electron chi connectivity index (χ3n) is 3.61. The molecule has 0 aliphatic heterocycles. The number of hydrazone groups is 1. The van der Waals surface area contributed by atoms with Crippen molar-refractivity contribution in [3.8, 4) is 0 Å². The third-order valence-corrected chi connectivity index (χ3v) is 3.61. The van der Waals surface area contributed by atoms with Crippen LogP contribution in [0.25, 0.3) is 0 Å². The van der Waals surface area contributed by atoms with Crippen LogP contribution in [0.2, 0.25) is 0 Å². The molecule has 0 saturated carbocycles. The smallest absolute Gasteiger partial charge is 0.347 e. The Morgan fingerprint density at radius 3 is 2.42 bits per heavy atom. The van der Waals surface area contributed by atoms with Crippen molar-refractivity contribution < 1.29 is 4.42 Å². The minimum absolute atomic E-state index is 0.379. The first-order chi connectivity index (χ1) is 12.5. The molecule has 0 unspecified atom stereocenters. The van der Waals surface area contributed by atoms with Gasteiger partial charge in [0.25, 0.3) is 0 Å². The maximum Gasteiger partial charge on any atom is 0.347 e. The monoisotopic (exact) mass is 361 g/mol.